The van der Waals surface area contributed by atoms with E-state index in [1.54, 1.807) is 23.5 Å². The fraction of sp³-hybridized carbons (Fsp3) is 0.0909. The normalized spacial score (nSPS) is 10.8. The maximum atomic E-state index is 12.4. The molecule has 0 atom stereocenters. The van der Waals surface area contributed by atoms with Crippen LogP contribution >= 0.6 is 11.3 Å². The minimum absolute atomic E-state index is 0.0923. The van der Waals surface area contributed by atoms with Crippen LogP contribution in [0.2, 0.25) is 0 Å². The van der Waals surface area contributed by atoms with Gasteiger partial charge in [-0.05, 0) is 42.3 Å². The number of carbonyl (C=O) groups excluding carboxylic acids is 1. The zero-order chi connectivity index (χ0) is 18.6. The Morgan fingerprint density at radius 2 is 1.78 bits per heavy atom. The van der Waals surface area contributed by atoms with E-state index in [0.717, 1.165) is 26.4 Å². The highest BCUT2D eigenvalue weighted by atomic mass is 32.1. The standard InChI is InChI=1S/C22H18N2O2S/c25-18-9-6-15(7-10-18)12-13-23-21(26)17-8-11-19-20(14-17)27-22(24-19)16-4-2-1-3-5-16/h1-11,14,25H,12-13H2,(H,23,26). The maximum Gasteiger partial charge on any atom is 0.251 e. The van der Waals surface area contributed by atoms with Crippen LogP contribution in [-0.2, 0) is 6.42 Å². The van der Waals surface area contributed by atoms with Crippen molar-refractivity contribution in [3.63, 3.8) is 0 Å². The molecule has 0 radical (unpaired) electrons. The predicted molar refractivity (Wildman–Crippen MR) is 109 cm³/mol. The molecule has 5 heteroatoms. The largest absolute Gasteiger partial charge is 0.508 e. The first-order valence-corrected chi connectivity index (χ1v) is 9.53. The van der Waals surface area contributed by atoms with Gasteiger partial charge < -0.3 is 10.4 Å². The van der Waals surface area contributed by atoms with Gasteiger partial charge in [0.15, 0.2) is 0 Å². The number of nitrogens with zero attached hydrogens (tertiary/aromatic N) is 1. The number of carbonyl (C=O) groups is 1. The minimum Gasteiger partial charge on any atom is -0.508 e. The number of phenolic OH excluding ortho intramolecular Hbond substituents is 1. The van der Waals surface area contributed by atoms with E-state index in [1.165, 1.54) is 0 Å². The zero-order valence-electron chi connectivity index (χ0n) is 14.6. The number of hydrogen-bond donors (Lipinski definition) is 2. The van der Waals surface area contributed by atoms with Gasteiger partial charge in [-0.3, -0.25) is 4.79 Å². The number of benzene rings is 3. The number of thiazole rings is 1. The third kappa shape index (κ3) is 3.99. The molecule has 1 aromatic heterocycles. The first kappa shape index (κ1) is 17.2. The van der Waals surface area contributed by atoms with Gasteiger partial charge in [-0.1, -0.05) is 42.5 Å². The topological polar surface area (TPSA) is 62.2 Å². The van der Waals surface area contributed by atoms with E-state index in [4.69, 9.17) is 0 Å². The average Bonchev–Trinajstić information content (AvgIpc) is 3.13. The van der Waals surface area contributed by atoms with Crippen LogP contribution in [0.4, 0.5) is 0 Å². The summed E-state index contributed by atoms with van der Waals surface area (Å²) in [5.41, 5.74) is 3.69. The van der Waals surface area contributed by atoms with E-state index in [-0.39, 0.29) is 11.7 Å². The van der Waals surface area contributed by atoms with Crippen molar-refractivity contribution in [2.24, 2.45) is 0 Å². The molecule has 3 aromatic carbocycles. The second-order valence-corrected chi connectivity index (χ2v) is 7.27. The maximum absolute atomic E-state index is 12.4. The van der Waals surface area contributed by atoms with Crippen molar-refractivity contribution in [1.29, 1.82) is 0 Å². The van der Waals surface area contributed by atoms with Crippen molar-refractivity contribution in [3.8, 4) is 16.3 Å². The molecule has 4 nitrogen and oxygen atoms in total. The number of phenols is 1. The Kier molecular flexibility index (Phi) is 4.85. The molecule has 0 saturated heterocycles. The first-order valence-electron chi connectivity index (χ1n) is 8.71. The predicted octanol–water partition coefficient (Wildman–Crippen LogP) is 4.64. The van der Waals surface area contributed by atoms with Crippen LogP contribution in [0.5, 0.6) is 5.75 Å². The number of aromatic hydroxyl groups is 1. The molecule has 0 unspecified atom stereocenters. The molecule has 0 spiro atoms. The molecule has 27 heavy (non-hydrogen) atoms. The Labute approximate surface area is 161 Å². The van der Waals surface area contributed by atoms with Crippen LogP contribution in [0.1, 0.15) is 15.9 Å². The Balaban J connectivity index is 1.45. The number of rotatable bonds is 5. The molecule has 4 aromatic rings. The molecule has 134 valence electrons. The SMILES string of the molecule is O=C(NCCc1ccc(O)cc1)c1ccc2nc(-c3ccccc3)sc2c1. The summed E-state index contributed by atoms with van der Waals surface area (Å²) in [4.78, 5) is 17.1. The number of fused-ring (bicyclic) bond motifs is 1. The molecule has 2 N–H and O–H groups in total. The lowest BCUT2D eigenvalue weighted by atomic mass is 10.1. The van der Waals surface area contributed by atoms with Gasteiger partial charge >= 0.3 is 0 Å². The molecular formula is C22H18N2O2S. The number of aromatic nitrogens is 1. The molecule has 4 rings (SSSR count). The van der Waals surface area contributed by atoms with Crippen LogP contribution in [-0.4, -0.2) is 22.5 Å². The average molecular weight is 374 g/mol. The van der Waals surface area contributed by atoms with Crippen LogP contribution in [0.25, 0.3) is 20.8 Å². The Morgan fingerprint density at radius 1 is 1.00 bits per heavy atom. The molecule has 0 aliphatic carbocycles. The monoisotopic (exact) mass is 374 g/mol. The summed E-state index contributed by atoms with van der Waals surface area (Å²) in [6.07, 6.45) is 0.715. The van der Waals surface area contributed by atoms with Crippen LogP contribution in [0, 0.1) is 0 Å². The lowest BCUT2D eigenvalue weighted by molar-refractivity contribution is 0.0954. The third-order valence-corrected chi connectivity index (χ3v) is 5.37. The van der Waals surface area contributed by atoms with Gasteiger partial charge in [-0.25, -0.2) is 4.98 Å². The fourth-order valence-electron chi connectivity index (χ4n) is 2.86. The van der Waals surface area contributed by atoms with E-state index in [2.05, 4.69) is 10.3 Å². The smallest absolute Gasteiger partial charge is 0.251 e. The highest BCUT2D eigenvalue weighted by molar-refractivity contribution is 7.21. The van der Waals surface area contributed by atoms with Crippen molar-refractivity contribution in [2.45, 2.75) is 6.42 Å². The Bertz CT molecular complexity index is 1070. The van der Waals surface area contributed by atoms with Gasteiger partial charge in [0.1, 0.15) is 10.8 Å². The molecule has 1 heterocycles. The first-order chi connectivity index (χ1) is 13.2. The highest BCUT2D eigenvalue weighted by Crippen LogP contribution is 2.30. The molecule has 0 aliphatic heterocycles. The van der Waals surface area contributed by atoms with Gasteiger partial charge in [-0.15, -0.1) is 11.3 Å². The summed E-state index contributed by atoms with van der Waals surface area (Å²) in [6.45, 7) is 0.541. The third-order valence-electron chi connectivity index (χ3n) is 4.31. The van der Waals surface area contributed by atoms with Crippen molar-refractivity contribution in [2.75, 3.05) is 6.54 Å². The van der Waals surface area contributed by atoms with E-state index >= 15 is 0 Å². The number of hydrogen-bond acceptors (Lipinski definition) is 4. The Morgan fingerprint density at radius 3 is 2.56 bits per heavy atom. The number of nitrogens with one attached hydrogen (secondary N) is 1. The van der Waals surface area contributed by atoms with Gasteiger partial charge in [0, 0.05) is 17.7 Å². The summed E-state index contributed by atoms with van der Waals surface area (Å²) < 4.78 is 1.00. The van der Waals surface area contributed by atoms with E-state index in [0.29, 0.717) is 18.5 Å². The molecule has 0 fully saturated rings. The lowest BCUT2D eigenvalue weighted by Gasteiger charge is -2.05. The second-order valence-electron chi connectivity index (χ2n) is 6.24. The molecule has 0 aliphatic rings. The molecular weight excluding hydrogens is 356 g/mol. The lowest BCUT2D eigenvalue weighted by Crippen LogP contribution is -2.25. The van der Waals surface area contributed by atoms with E-state index < -0.39 is 0 Å². The number of amides is 1. The summed E-state index contributed by atoms with van der Waals surface area (Å²) >= 11 is 1.59. The molecule has 1 amide bonds. The molecule has 0 saturated carbocycles. The van der Waals surface area contributed by atoms with Crippen LogP contribution < -0.4 is 5.32 Å². The van der Waals surface area contributed by atoms with Gasteiger partial charge in [0.25, 0.3) is 5.91 Å². The fourth-order valence-corrected chi connectivity index (χ4v) is 3.87. The molecule has 0 bridgehead atoms. The summed E-state index contributed by atoms with van der Waals surface area (Å²) in [6, 6.07) is 22.7. The summed E-state index contributed by atoms with van der Waals surface area (Å²) in [7, 11) is 0. The second kappa shape index (κ2) is 7.60. The van der Waals surface area contributed by atoms with Crippen LogP contribution in [0.3, 0.4) is 0 Å². The van der Waals surface area contributed by atoms with E-state index in [9.17, 15) is 9.90 Å². The summed E-state index contributed by atoms with van der Waals surface area (Å²) in [5.74, 6) is 0.154. The van der Waals surface area contributed by atoms with Crippen molar-refractivity contribution < 1.29 is 9.90 Å². The summed E-state index contributed by atoms with van der Waals surface area (Å²) in [5, 5.41) is 13.2. The van der Waals surface area contributed by atoms with Gasteiger partial charge in [0.2, 0.25) is 0 Å². The minimum atomic E-state index is -0.0923. The van der Waals surface area contributed by atoms with Gasteiger partial charge in [0.05, 0.1) is 10.2 Å². The quantitative estimate of drug-likeness (QED) is 0.535. The Hall–Kier alpha value is -3.18. The van der Waals surface area contributed by atoms with Crippen molar-refractivity contribution >= 4 is 27.5 Å². The van der Waals surface area contributed by atoms with Crippen LogP contribution in [0.15, 0.2) is 72.8 Å². The highest BCUT2D eigenvalue weighted by Gasteiger charge is 2.10. The van der Waals surface area contributed by atoms with Gasteiger partial charge in [-0.2, -0.15) is 0 Å². The van der Waals surface area contributed by atoms with E-state index in [1.807, 2.05) is 60.7 Å². The van der Waals surface area contributed by atoms with Crippen molar-refractivity contribution in [1.82, 2.24) is 10.3 Å². The zero-order valence-corrected chi connectivity index (χ0v) is 15.4. The van der Waals surface area contributed by atoms with Crippen molar-refractivity contribution in [3.05, 3.63) is 83.9 Å².